The fourth-order valence-corrected chi connectivity index (χ4v) is 4.00. The Bertz CT molecular complexity index is 694. The molecule has 0 aromatic carbocycles. The number of guanidine groups is 1. The highest BCUT2D eigenvalue weighted by molar-refractivity contribution is 14.0. The van der Waals surface area contributed by atoms with Crippen LogP contribution in [0.4, 0.5) is 0 Å². The summed E-state index contributed by atoms with van der Waals surface area (Å²) in [7, 11) is 0. The van der Waals surface area contributed by atoms with E-state index >= 15 is 0 Å². The molecule has 0 radical (unpaired) electrons. The number of hydrogen-bond donors (Lipinski definition) is 2. The van der Waals surface area contributed by atoms with Crippen molar-refractivity contribution in [2.24, 2.45) is 4.99 Å². The molecule has 0 saturated carbocycles. The van der Waals surface area contributed by atoms with Gasteiger partial charge in [0.15, 0.2) is 5.96 Å². The summed E-state index contributed by atoms with van der Waals surface area (Å²) in [6.45, 7) is 6.51. The smallest absolute Gasteiger partial charge is 0.191 e. The Morgan fingerprint density at radius 3 is 2.85 bits per heavy atom. The third-order valence-corrected chi connectivity index (χ3v) is 5.56. The van der Waals surface area contributed by atoms with Crippen molar-refractivity contribution in [3.8, 4) is 5.82 Å². The van der Waals surface area contributed by atoms with Gasteiger partial charge in [-0.05, 0) is 44.1 Å². The zero-order chi connectivity index (χ0) is 17.5. The summed E-state index contributed by atoms with van der Waals surface area (Å²) in [6.07, 6.45) is 8.22. The highest BCUT2D eigenvalue weighted by Gasteiger charge is 2.15. The SMILES string of the molecule is CCNC(=NCc1ccc(-n2ccnc2C)nc1)NCC1CCCS1.I. The monoisotopic (exact) mass is 486 g/mol. The first-order valence-electron chi connectivity index (χ1n) is 8.85. The lowest BCUT2D eigenvalue weighted by atomic mass is 10.2. The number of nitrogens with one attached hydrogen (secondary N) is 2. The first-order chi connectivity index (χ1) is 12.3. The highest BCUT2D eigenvalue weighted by Crippen LogP contribution is 2.25. The molecule has 1 aliphatic rings. The number of aromatic nitrogens is 3. The molecular weight excluding hydrogens is 459 g/mol. The van der Waals surface area contributed by atoms with E-state index in [0.29, 0.717) is 11.8 Å². The predicted molar refractivity (Wildman–Crippen MR) is 120 cm³/mol. The van der Waals surface area contributed by atoms with Gasteiger partial charge >= 0.3 is 0 Å². The molecule has 26 heavy (non-hydrogen) atoms. The molecule has 0 amide bonds. The summed E-state index contributed by atoms with van der Waals surface area (Å²) in [5.74, 6) is 3.98. The standard InChI is InChI=1S/C18H26N6S.HI/c1-3-19-18(23-13-16-5-4-10-25-16)22-12-15-6-7-17(21-11-15)24-9-8-20-14(24)2;/h6-9,11,16H,3-5,10,12-13H2,1-2H3,(H2,19,22,23);1H. The molecule has 2 aromatic heterocycles. The number of nitrogens with zero attached hydrogens (tertiary/aromatic N) is 4. The van der Waals surface area contributed by atoms with E-state index in [2.05, 4.69) is 50.3 Å². The fourth-order valence-electron chi connectivity index (χ4n) is 2.80. The molecule has 142 valence electrons. The summed E-state index contributed by atoms with van der Waals surface area (Å²) < 4.78 is 1.97. The Hall–Kier alpha value is -1.29. The summed E-state index contributed by atoms with van der Waals surface area (Å²) in [4.78, 5) is 13.4. The van der Waals surface area contributed by atoms with Gasteiger partial charge in [0.2, 0.25) is 0 Å². The maximum atomic E-state index is 4.68. The molecule has 1 saturated heterocycles. The topological polar surface area (TPSA) is 67.1 Å². The normalized spacial score (nSPS) is 17.0. The number of aliphatic imine (C=N–C) groups is 1. The molecule has 3 heterocycles. The fraction of sp³-hybridized carbons (Fsp3) is 0.500. The Morgan fingerprint density at radius 1 is 1.35 bits per heavy atom. The summed E-state index contributed by atoms with van der Waals surface area (Å²) in [5.41, 5.74) is 1.09. The van der Waals surface area contributed by atoms with E-state index in [4.69, 9.17) is 0 Å². The van der Waals surface area contributed by atoms with Crippen LogP contribution < -0.4 is 10.6 Å². The molecule has 1 unspecified atom stereocenters. The summed E-state index contributed by atoms with van der Waals surface area (Å²) in [6, 6.07) is 4.08. The molecule has 0 aliphatic carbocycles. The van der Waals surface area contributed by atoms with Crippen LogP contribution in [0.15, 0.2) is 35.7 Å². The lowest BCUT2D eigenvalue weighted by Gasteiger charge is -2.14. The maximum Gasteiger partial charge on any atom is 0.191 e. The average molecular weight is 486 g/mol. The van der Waals surface area contributed by atoms with Crippen LogP contribution in [-0.2, 0) is 6.54 Å². The van der Waals surface area contributed by atoms with Crippen molar-refractivity contribution >= 4 is 41.7 Å². The molecule has 6 nitrogen and oxygen atoms in total. The number of thioether (sulfide) groups is 1. The minimum absolute atomic E-state index is 0. The van der Waals surface area contributed by atoms with Crippen molar-refractivity contribution in [1.82, 2.24) is 25.2 Å². The van der Waals surface area contributed by atoms with Crippen LogP contribution in [0.5, 0.6) is 0 Å². The van der Waals surface area contributed by atoms with Crippen molar-refractivity contribution in [1.29, 1.82) is 0 Å². The van der Waals surface area contributed by atoms with E-state index in [1.807, 2.05) is 30.0 Å². The van der Waals surface area contributed by atoms with Crippen LogP contribution >= 0.6 is 35.7 Å². The minimum Gasteiger partial charge on any atom is -0.357 e. The average Bonchev–Trinajstić information content (AvgIpc) is 3.29. The number of hydrogen-bond acceptors (Lipinski definition) is 4. The molecular formula is C18H27IN6S. The van der Waals surface area contributed by atoms with Crippen LogP contribution in [0.25, 0.3) is 5.82 Å². The first kappa shape index (κ1) is 21.0. The molecule has 0 spiro atoms. The summed E-state index contributed by atoms with van der Waals surface area (Å²) >= 11 is 2.06. The molecule has 2 aromatic rings. The van der Waals surface area contributed by atoms with Gasteiger partial charge in [0.05, 0.1) is 6.54 Å². The van der Waals surface area contributed by atoms with Gasteiger partial charge in [0, 0.05) is 36.9 Å². The largest absolute Gasteiger partial charge is 0.357 e. The van der Waals surface area contributed by atoms with E-state index in [1.165, 1.54) is 18.6 Å². The molecule has 8 heteroatoms. The van der Waals surface area contributed by atoms with E-state index < -0.39 is 0 Å². The minimum atomic E-state index is 0. The number of aryl methyl sites for hydroxylation is 1. The first-order valence-corrected chi connectivity index (χ1v) is 9.90. The maximum absolute atomic E-state index is 4.68. The van der Waals surface area contributed by atoms with Gasteiger partial charge in [-0.3, -0.25) is 4.57 Å². The third-order valence-electron chi connectivity index (χ3n) is 4.17. The second kappa shape index (κ2) is 10.8. The quantitative estimate of drug-likeness (QED) is 0.373. The van der Waals surface area contributed by atoms with E-state index in [0.717, 1.165) is 36.3 Å². The van der Waals surface area contributed by atoms with Crippen LogP contribution in [-0.4, -0.2) is 44.6 Å². The van der Waals surface area contributed by atoms with Crippen LogP contribution in [0, 0.1) is 6.92 Å². The van der Waals surface area contributed by atoms with Gasteiger partial charge in [0.1, 0.15) is 11.6 Å². The van der Waals surface area contributed by atoms with Crippen molar-refractivity contribution in [3.05, 3.63) is 42.1 Å². The van der Waals surface area contributed by atoms with Gasteiger partial charge in [-0.1, -0.05) is 6.07 Å². The molecule has 0 bridgehead atoms. The van der Waals surface area contributed by atoms with E-state index in [-0.39, 0.29) is 24.0 Å². The second-order valence-corrected chi connectivity index (χ2v) is 7.49. The van der Waals surface area contributed by atoms with Gasteiger partial charge in [0.25, 0.3) is 0 Å². The Morgan fingerprint density at radius 2 is 2.23 bits per heavy atom. The zero-order valence-electron chi connectivity index (χ0n) is 15.3. The zero-order valence-corrected chi connectivity index (χ0v) is 18.5. The summed E-state index contributed by atoms with van der Waals surface area (Å²) in [5, 5.41) is 7.49. The second-order valence-electron chi connectivity index (χ2n) is 6.08. The Labute approximate surface area is 176 Å². The number of halogens is 1. The lowest BCUT2D eigenvalue weighted by Crippen LogP contribution is -2.40. The number of imidazole rings is 1. The van der Waals surface area contributed by atoms with Crippen molar-refractivity contribution in [3.63, 3.8) is 0 Å². The lowest BCUT2D eigenvalue weighted by molar-refractivity contribution is 0.727. The molecule has 3 rings (SSSR count). The van der Waals surface area contributed by atoms with Gasteiger partial charge < -0.3 is 10.6 Å². The number of pyridine rings is 1. The molecule has 1 atom stereocenters. The van der Waals surface area contributed by atoms with Crippen LogP contribution in [0.3, 0.4) is 0 Å². The predicted octanol–water partition coefficient (Wildman–Crippen LogP) is 3.14. The van der Waals surface area contributed by atoms with Crippen LogP contribution in [0.2, 0.25) is 0 Å². The molecule has 1 fully saturated rings. The van der Waals surface area contributed by atoms with Gasteiger partial charge in [-0.25, -0.2) is 15.0 Å². The van der Waals surface area contributed by atoms with Gasteiger partial charge in [-0.2, -0.15) is 11.8 Å². The number of rotatable bonds is 6. The third kappa shape index (κ3) is 5.87. The van der Waals surface area contributed by atoms with Crippen LogP contribution in [0.1, 0.15) is 31.2 Å². The molecule has 2 N–H and O–H groups in total. The van der Waals surface area contributed by atoms with Gasteiger partial charge in [-0.15, -0.1) is 24.0 Å². The Balaban J connectivity index is 0.00000243. The van der Waals surface area contributed by atoms with Crippen molar-refractivity contribution in [2.75, 3.05) is 18.8 Å². The van der Waals surface area contributed by atoms with Crippen molar-refractivity contribution < 1.29 is 0 Å². The van der Waals surface area contributed by atoms with E-state index in [9.17, 15) is 0 Å². The van der Waals surface area contributed by atoms with Crippen molar-refractivity contribution in [2.45, 2.75) is 38.5 Å². The molecule has 1 aliphatic heterocycles. The Kier molecular flexibility index (Phi) is 8.70. The highest BCUT2D eigenvalue weighted by atomic mass is 127. The van der Waals surface area contributed by atoms with E-state index in [1.54, 1.807) is 6.20 Å².